The van der Waals surface area contributed by atoms with Crippen molar-refractivity contribution in [1.29, 1.82) is 0 Å². The predicted molar refractivity (Wildman–Crippen MR) is 175 cm³/mol. The summed E-state index contributed by atoms with van der Waals surface area (Å²) >= 11 is 0. The summed E-state index contributed by atoms with van der Waals surface area (Å²) in [7, 11) is 0. The summed E-state index contributed by atoms with van der Waals surface area (Å²) in [6.45, 7) is 9.39. The first kappa shape index (κ1) is 36.2. The van der Waals surface area contributed by atoms with Crippen LogP contribution in [0.4, 0.5) is 0 Å². The summed E-state index contributed by atoms with van der Waals surface area (Å²) in [6, 6.07) is 0. The molecule has 1 rings (SSSR count). The van der Waals surface area contributed by atoms with Crippen LogP contribution in [-0.4, -0.2) is 4.57 Å². The van der Waals surface area contributed by atoms with E-state index in [-0.39, 0.29) is 0 Å². The van der Waals surface area contributed by atoms with E-state index in [1.165, 1.54) is 199 Å². The Balaban J connectivity index is 2.18. The normalized spacial score (nSPS) is 11.6. The highest BCUT2D eigenvalue weighted by atomic mass is 15.1. The highest BCUT2D eigenvalue weighted by Gasteiger charge is 2.16. The van der Waals surface area contributed by atoms with Crippen molar-refractivity contribution in [3.8, 4) is 0 Å². The van der Waals surface area contributed by atoms with Gasteiger partial charge < -0.3 is 0 Å². The molecule has 1 aromatic heterocycles. The molecule has 0 atom stereocenters. The zero-order valence-electron chi connectivity index (χ0n) is 27.5. The van der Waals surface area contributed by atoms with E-state index in [0.717, 1.165) is 0 Å². The van der Waals surface area contributed by atoms with E-state index in [0.29, 0.717) is 0 Å². The van der Waals surface area contributed by atoms with Crippen LogP contribution in [-0.2, 0) is 19.5 Å². The van der Waals surface area contributed by atoms with Crippen molar-refractivity contribution in [2.45, 2.75) is 220 Å². The van der Waals surface area contributed by atoms with Crippen LogP contribution in [0.15, 0.2) is 12.4 Å². The van der Waals surface area contributed by atoms with E-state index < -0.39 is 0 Å². The molecule has 0 aliphatic rings. The summed E-state index contributed by atoms with van der Waals surface area (Å²) in [5.74, 6) is 1.61. The Morgan fingerprint density at radius 1 is 0.436 bits per heavy atom. The Kier molecular flexibility index (Phi) is 26.7. The second-order valence-electron chi connectivity index (χ2n) is 12.7. The largest absolute Gasteiger partial charge is 0.256 e. The monoisotopic (exact) mass is 546 g/mol. The molecule has 0 saturated carbocycles. The summed E-state index contributed by atoms with van der Waals surface area (Å²) in [5, 5.41) is 0. The highest BCUT2D eigenvalue weighted by molar-refractivity contribution is 4.84. The lowest BCUT2D eigenvalue weighted by Gasteiger charge is -2.07. The number of imidazole rings is 1. The average Bonchev–Trinajstić information content (AvgIpc) is 3.33. The molecule has 1 aromatic rings. The second kappa shape index (κ2) is 28.7. The molecular formula is C37H73N2+. The Morgan fingerprint density at radius 3 is 1.23 bits per heavy atom. The number of rotatable bonds is 31. The van der Waals surface area contributed by atoms with Crippen LogP contribution in [0.25, 0.3) is 0 Å². The molecule has 2 nitrogen and oxygen atoms in total. The van der Waals surface area contributed by atoms with Gasteiger partial charge in [0.25, 0.3) is 5.82 Å². The van der Waals surface area contributed by atoms with Gasteiger partial charge in [0, 0.05) is 6.42 Å². The van der Waals surface area contributed by atoms with Gasteiger partial charge in [0.15, 0.2) is 0 Å². The molecule has 0 N–H and O–H groups in total. The number of nitrogens with zero attached hydrogens (tertiary/aromatic N) is 2. The van der Waals surface area contributed by atoms with Crippen LogP contribution in [0.5, 0.6) is 0 Å². The molecule has 39 heavy (non-hydrogen) atoms. The smallest absolute Gasteiger partial charge is 0.234 e. The number of aromatic nitrogens is 2. The van der Waals surface area contributed by atoms with Crippen LogP contribution in [0.2, 0.25) is 0 Å². The molecule has 0 unspecified atom stereocenters. The predicted octanol–water partition coefficient (Wildman–Crippen LogP) is 12.3. The quantitative estimate of drug-likeness (QED) is 0.0648. The summed E-state index contributed by atoms with van der Waals surface area (Å²) < 4.78 is 5.22. The van der Waals surface area contributed by atoms with Gasteiger partial charge in [-0.15, -0.1) is 0 Å². The standard InChI is InChI=1S/C37H73N2/c1-4-7-10-13-15-16-17-18-19-20-21-22-23-24-26-29-32-37-38(33-30-27-12-9-6-3)35-36-39(37)34-31-28-25-14-11-8-5-2/h35-36H,4-34H2,1-3H3/q+1. The van der Waals surface area contributed by atoms with Gasteiger partial charge in [0.05, 0.1) is 13.1 Å². The fourth-order valence-electron chi connectivity index (χ4n) is 6.15. The van der Waals surface area contributed by atoms with Gasteiger partial charge in [0.2, 0.25) is 0 Å². The van der Waals surface area contributed by atoms with Gasteiger partial charge >= 0.3 is 0 Å². The lowest BCUT2D eigenvalue weighted by atomic mass is 10.0. The topological polar surface area (TPSA) is 8.81 Å². The van der Waals surface area contributed by atoms with Gasteiger partial charge in [-0.25, -0.2) is 9.13 Å². The van der Waals surface area contributed by atoms with E-state index in [4.69, 9.17) is 0 Å². The van der Waals surface area contributed by atoms with E-state index in [1.807, 2.05) is 0 Å². The van der Waals surface area contributed by atoms with Crippen LogP contribution in [0, 0.1) is 0 Å². The van der Waals surface area contributed by atoms with Crippen molar-refractivity contribution in [3.05, 3.63) is 18.2 Å². The molecule has 0 saturated heterocycles. The zero-order chi connectivity index (χ0) is 28.1. The van der Waals surface area contributed by atoms with Gasteiger partial charge in [-0.2, -0.15) is 0 Å². The van der Waals surface area contributed by atoms with Gasteiger partial charge in [0.1, 0.15) is 12.4 Å². The number of unbranched alkanes of at least 4 members (excludes halogenated alkanes) is 25. The molecule has 0 amide bonds. The minimum absolute atomic E-state index is 1.22. The van der Waals surface area contributed by atoms with Crippen molar-refractivity contribution in [2.75, 3.05) is 0 Å². The first-order chi connectivity index (χ1) is 19.3. The summed E-state index contributed by atoms with van der Waals surface area (Å²) in [5.41, 5.74) is 0. The van der Waals surface area contributed by atoms with E-state index in [1.54, 1.807) is 5.82 Å². The van der Waals surface area contributed by atoms with Crippen LogP contribution >= 0.6 is 0 Å². The molecule has 0 aliphatic heterocycles. The van der Waals surface area contributed by atoms with Crippen LogP contribution < -0.4 is 4.57 Å². The molecule has 0 spiro atoms. The fourth-order valence-corrected chi connectivity index (χ4v) is 6.15. The maximum atomic E-state index is 2.61. The lowest BCUT2D eigenvalue weighted by molar-refractivity contribution is -0.704. The molecule has 0 aromatic carbocycles. The Bertz CT molecular complexity index is 605. The SMILES string of the molecule is CCCCCCCCCCCCCCCCCCc1n(CCCCCCCCC)cc[n+]1CCCCCCC. The molecule has 1 heterocycles. The van der Waals surface area contributed by atoms with Crippen molar-refractivity contribution >= 4 is 0 Å². The Morgan fingerprint density at radius 2 is 0.795 bits per heavy atom. The maximum Gasteiger partial charge on any atom is 0.256 e. The van der Waals surface area contributed by atoms with Crippen molar-refractivity contribution in [1.82, 2.24) is 4.57 Å². The maximum absolute atomic E-state index is 2.61. The Hall–Kier alpha value is -0.790. The number of hydrogen-bond acceptors (Lipinski definition) is 0. The molecule has 0 fully saturated rings. The average molecular weight is 546 g/mol. The Labute approximate surface area is 247 Å². The fraction of sp³-hybridized carbons (Fsp3) is 0.919. The third-order valence-corrected chi connectivity index (χ3v) is 8.85. The highest BCUT2D eigenvalue weighted by Crippen LogP contribution is 2.15. The van der Waals surface area contributed by atoms with Gasteiger partial charge in [-0.3, -0.25) is 0 Å². The van der Waals surface area contributed by atoms with E-state index >= 15 is 0 Å². The molecular weight excluding hydrogens is 472 g/mol. The summed E-state index contributed by atoms with van der Waals surface area (Å²) in [4.78, 5) is 0. The molecule has 0 bridgehead atoms. The molecule has 2 heteroatoms. The minimum atomic E-state index is 1.22. The van der Waals surface area contributed by atoms with Crippen molar-refractivity contribution in [3.63, 3.8) is 0 Å². The lowest BCUT2D eigenvalue weighted by Crippen LogP contribution is -2.37. The molecule has 0 radical (unpaired) electrons. The van der Waals surface area contributed by atoms with E-state index in [9.17, 15) is 0 Å². The zero-order valence-corrected chi connectivity index (χ0v) is 27.5. The summed E-state index contributed by atoms with van der Waals surface area (Å²) in [6.07, 6.45) is 45.9. The molecule has 230 valence electrons. The van der Waals surface area contributed by atoms with E-state index in [2.05, 4.69) is 42.3 Å². The third kappa shape index (κ3) is 21.6. The van der Waals surface area contributed by atoms with Crippen molar-refractivity contribution < 1.29 is 4.57 Å². The first-order valence-corrected chi connectivity index (χ1v) is 18.4. The number of aryl methyl sites for hydroxylation is 2. The first-order valence-electron chi connectivity index (χ1n) is 18.4. The van der Waals surface area contributed by atoms with Gasteiger partial charge in [-0.1, -0.05) is 168 Å². The number of hydrogen-bond donors (Lipinski definition) is 0. The van der Waals surface area contributed by atoms with Crippen molar-refractivity contribution in [2.24, 2.45) is 0 Å². The van der Waals surface area contributed by atoms with Crippen LogP contribution in [0.1, 0.15) is 206 Å². The third-order valence-electron chi connectivity index (χ3n) is 8.85. The minimum Gasteiger partial charge on any atom is -0.234 e. The second-order valence-corrected chi connectivity index (χ2v) is 12.7. The van der Waals surface area contributed by atoms with Crippen LogP contribution in [0.3, 0.4) is 0 Å². The molecule has 0 aliphatic carbocycles. The van der Waals surface area contributed by atoms with Gasteiger partial charge in [-0.05, 0) is 32.1 Å².